The van der Waals surface area contributed by atoms with E-state index in [1.54, 1.807) is 6.92 Å². The van der Waals surface area contributed by atoms with Gasteiger partial charge in [-0.15, -0.1) is 20.2 Å². The molecule has 14 nitrogen and oxygen atoms in total. The Balaban J connectivity index is 2.08. The second kappa shape index (κ2) is 11.6. The largest absolute Gasteiger partial charge is 0.511 e. The van der Waals surface area contributed by atoms with Gasteiger partial charge in [0.2, 0.25) is 12.9 Å². The Hall–Kier alpha value is -4.02. The van der Waals surface area contributed by atoms with Crippen molar-refractivity contribution in [1.82, 2.24) is 0 Å². The van der Waals surface area contributed by atoms with E-state index < -0.39 is 66.3 Å². The van der Waals surface area contributed by atoms with E-state index in [2.05, 4.69) is 23.9 Å². The number of esters is 1. The standard InChI is InChI=1S/C18H16ClF3N2O12/c1-8-3-13-11(9(2)14(8)19)4-12(15(36-13)18(20,21)22)16(25)31-7-32-17(26)35-10(5-33-23(27)28)6-34-24(29)30/h3-4,10,15H,5-7H2,1-2H3/t15-/m0/s1. The SMILES string of the molecule is Cc1cc2c(c(C)c1Cl)C=C(C(=O)OCOC(=O)OC(CO[N+](=O)[O-])CO[N+](=O)[O-])[C@@H](C(F)(F)F)O2. The van der Waals surface area contributed by atoms with Gasteiger partial charge in [-0.25, -0.2) is 9.59 Å². The van der Waals surface area contributed by atoms with E-state index >= 15 is 0 Å². The number of nitrogens with zero attached hydrogens (tertiary/aromatic N) is 2. The molecule has 1 aliphatic heterocycles. The Morgan fingerprint density at radius 3 is 2.25 bits per heavy atom. The van der Waals surface area contributed by atoms with Crippen LogP contribution in [0.5, 0.6) is 5.75 Å². The van der Waals surface area contributed by atoms with Crippen molar-refractivity contribution in [2.45, 2.75) is 32.2 Å². The lowest BCUT2D eigenvalue weighted by atomic mass is 9.96. The molecule has 0 saturated heterocycles. The first-order valence-corrected chi connectivity index (χ1v) is 9.88. The minimum absolute atomic E-state index is 0.109. The van der Waals surface area contributed by atoms with Crippen molar-refractivity contribution in [3.8, 4) is 5.75 Å². The number of benzene rings is 1. The first kappa shape index (κ1) is 28.2. The maximum atomic E-state index is 13.6. The zero-order chi connectivity index (χ0) is 27.2. The van der Waals surface area contributed by atoms with Gasteiger partial charge >= 0.3 is 18.3 Å². The van der Waals surface area contributed by atoms with Gasteiger partial charge in [0, 0.05) is 10.6 Å². The molecule has 1 aliphatic rings. The van der Waals surface area contributed by atoms with E-state index in [0.717, 1.165) is 6.08 Å². The van der Waals surface area contributed by atoms with E-state index in [4.69, 9.17) is 16.3 Å². The number of halogens is 4. The Bertz CT molecular complexity index is 1060. The molecule has 0 aromatic heterocycles. The third-order valence-corrected chi connectivity index (χ3v) is 5.00. The maximum absolute atomic E-state index is 13.6. The van der Waals surface area contributed by atoms with Gasteiger partial charge in [0.1, 0.15) is 19.0 Å². The number of rotatable bonds is 10. The highest BCUT2D eigenvalue weighted by Gasteiger charge is 2.49. The van der Waals surface area contributed by atoms with E-state index in [-0.39, 0.29) is 16.3 Å². The Kier molecular flexibility index (Phi) is 9.10. The van der Waals surface area contributed by atoms with Crippen molar-refractivity contribution in [2.24, 2.45) is 0 Å². The quantitative estimate of drug-likeness (QED) is 0.182. The lowest BCUT2D eigenvalue weighted by molar-refractivity contribution is -0.768. The fourth-order valence-corrected chi connectivity index (χ4v) is 2.99. The van der Waals surface area contributed by atoms with E-state index in [9.17, 15) is 43.0 Å². The van der Waals surface area contributed by atoms with E-state index in [0.29, 0.717) is 11.1 Å². The second-order valence-electron chi connectivity index (χ2n) is 6.91. The maximum Gasteiger partial charge on any atom is 0.511 e. The molecule has 18 heteroatoms. The van der Waals surface area contributed by atoms with Crippen LogP contribution in [0.15, 0.2) is 11.6 Å². The zero-order valence-electron chi connectivity index (χ0n) is 18.2. The third kappa shape index (κ3) is 7.49. The van der Waals surface area contributed by atoms with Gasteiger partial charge in [-0.3, -0.25) is 0 Å². The number of hydrogen-bond donors (Lipinski definition) is 0. The number of fused-ring (bicyclic) bond motifs is 1. The second-order valence-corrected chi connectivity index (χ2v) is 7.28. The zero-order valence-corrected chi connectivity index (χ0v) is 19.0. The normalized spacial score (nSPS) is 14.6. The summed E-state index contributed by atoms with van der Waals surface area (Å²) in [5, 5.41) is 18.2. The molecule has 1 aromatic rings. The molecule has 0 fully saturated rings. The van der Waals surface area contributed by atoms with Crippen molar-refractivity contribution < 1.29 is 61.6 Å². The highest BCUT2D eigenvalue weighted by molar-refractivity contribution is 6.32. The molecule has 0 saturated carbocycles. The van der Waals surface area contributed by atoms with Crippen LogP contribution in [0.1, 0.15) is 16.7 Å². The lowest BCUT2D eigenvalue weighted by Crippen LogP contribution is -2.41. The number of aryl methyl sites for hydroxylation is 1. The summed E-state index contributed by atoms with van der Waals surface area (Å²) in [5.41, 5.74) is -0.0625. The average Bonchev–Trinajstić information content (AvgIpc) is 2.77. The molecule has 0 unspecified atom stereocenters. The van der Waals surface area contributed by atoms with Crippen LogP contribution in [0.25, 0.3) is 6.08 Å². The highest BCUT2D eigenvalue weighted by Crippen LogP contribution is 2.41. The molecule has 1 atom stereocenters. The van der Waals surface area contributed by atoms with Gasteiger partial charge in [0.25, 0.3) is 10.2 Å². The smallest absolute Gasteiger partial charge is 0.475 e. The Morgan fingerprint density at radius 2 is 1.72 bits per heavy atom. The first-order valence-electron chi connectivity index (χ1n) is 9.50. The number of alkyl halides is 3. The summed E-state index contributed by atoms with van der Waals surface area (Å²) in [6.07, 6.45) is -10.2. The van der Waals surface area contributed by atoms with Crippen LogP contribution in [0.4, 0.5) is 18.0 Å². The number of hydrogen-bond acceptors (Lipinski definition) is 12. The van der Waals surface area contributed by atoms with Crippen LogP contribution in [-0.4, -0.2) is 60.7 Å². The molecule has 1 heterocycles. The van der Waals surface area contributed by atoms with Crippen LogP contribution in [0.3, 0.4) is 0 Å². The molecule has 0 spiro atoms. The van der Waals surface area contributed by atoms with Gasteiger partial charge in [-0.05, 0) is 37.1 Å². The molecule has 0 aliphatic carbocycles. The van der Waals surface area contributed by atoms with Gasteiger partial charge in [0.05, 0.1) is 5.57 Å². The van der Waals surface area contributed by atoms with Crippen LogP contribution >= 0.6 is 11.6 Å². The van der Waals surface area contributed by atoms with Crippen LogP contribution in [-0.2, 0) is 28.7 Å². The predicted molar refractivity (Wildman–Crippen MR) is 108 cm³/mol. The minimum atomic E-state index is -5.02. The molecule has 2 rings (SSSR count). The monoisotopic (exact) mass is 544 g/mol. The lowest BCUT2D eigenvalue weighted by Gasteiger charge is -2.29. The van der Waals surface area contributed by atoms with E-state index in [1.807, 2.05) is 0 Å². The van der Waals surface area contributed by atoms with Crippen LogP contribution in [0, 0.1) is 34.1 Å². The summed E-state index contributed by atoms with van der Waals surface area (Å²) in [7, 11) is 0. The Labute approximate surface area is 203 Å². The molecular formula is C18H16ClF3N2O12. The number of carbonyl (C=O) groups excluding carboxylic acids is 2. The summed E-state index contributed by atoms with van der Waals surface area (Å²) in [6.45, 7) is -0.143. The summed E-state index contributed by atoms with van der Waals surface area (Å²) >= 11 is 6.12. The summed E-state index contributed by atoms with van der Waals surface area (Å²) in [5.74, 6) is -1.72. The summed E-state index contributed by atoms with van der Waals surface area (Å²) in [6, 6.07) is 1.28. The molecule has 0 radical (unpaired) electrons. The number of carbonyl (C=O) groups is 2. The minimum Gasteiger partial charge on any atom is -0.475 e. The summed E-state index contributed by atoms with van der Waals surface area (Å²) in [4.78, 5) is 52.3. The first-order chi connectivity index (χ1) is 16.7. The fraction of sp³-hybridized carbons (Fsp3) is 0.444. The van der Waals surface area contributed by atoms with Crippen molar-refractivity contribution in [1.29, 1.82) is 0 Å². The van der Waals surface area contributed by atoms with Crippen molar-refractivity contribution in [3.05, 3.63) is 53.6 Å². The van der Waals surface area contributed by atoms with Gasteiger partial charge in [0.15, 0.2) is 6.10 Å². The average molecular weight is 545 g/mol. The van der Waals surface area contributed by atoms with Gasteiger partial charge < -0.3 is 28.6 Å². The molecular weight excluding hydrogens is 529 g/mol. The predicted octanol–water partition coefficient (Wildman–Crippen LogP) is 3.10. The fourth-order valence-electron chi connectivity index (χ4n) is 2.83. The van der Waals surface area contributed by atoms with Crippen LogP contribution < -0.4 is 4.74 Å². The van der Waals surface area contributed by atoms with Crippen LogP contribution in [0.2, 0.25) is 5.02 Å². The van der Waals surface area contributed by atoms with E-state index in [1.165, 1.54) is 13.0 Å². The Morgan fingerprint density at radius 1 is 1.14 bits per heavy atom. The van der Waals surface area contributed by atoms with Gasteiger partial charge in [-0.1, -0.05) is 11.6 Å². The molecule has 0 N–H and O–H groups in total. The van der Waals surface area contributed by atoms with Gasteiger partial charge in [-0.2, -0.15) is 13.2 Å². The number of ether oxygens (including phenoxy) is 4. The summed E-state index contributed by atoms with van der Waals surface area (Å²) < 4.78 is 59.1. The van der Waals surface area contributed by atoms with Crippen molar-refractivity contribution in [3.63, 3.8) is 0 Å². The molecule has 1 aromatic carbocycles. The topological polar surface area (TPSA) is 176 Å². The third-order valence-electron chi connectivity index (χ3n) is 4.41. The molecule has 198 valence electrons. The van der Waals surface area contributed by atoms with Crippen molar-refractivity contribution >= 4 is 29.8 Å². The highest BCUT2D eigenvalue weighted by atomic mass is 35.5. The molecule has 36 heavy (non-hydrogen) atoms. The molecule has 0 bridgehead atoms. The van der Waals surface area contributed by atoms with Crippen molar-refractivity contribution in [2.75, 3.05) is 20.0 Å². The molecule has 0 amide bonds.